The third-order valence-corrected chi connectivity index (χ3v) is 4.70. The summed E-state index contributed by atoms with van der Waals surface area (Å²) in [7, 11) is 0. The molecule has 0 bridgehead atoms. The van der Waals surface area contributed by atoms with E-state index in [4.69, 9.17) is 0 Å². The minimum Gasteiger partial charge on any atom is -0.388 e. The van der Waals surface area contributed by atoms with Crippen molar-refractivity contribution in [2.45, 2.75) is 45.6 Å². The lowest BCUT2D eigenvalue weighted by Crippen LogP contribution is -2.19. The summed E-state index contributed by atoms with van der Waals surface area (Å²) >= 11 is 0. The molecule has 1 unspecified atom stereocenters. The number of hydrogen-bond acceptors (Lipinski definition) is 2. The van der Waals surface area contributed by atoms with Crippen LogP contribution in [0.4, 0.5) is 0 Å². The Labute approximate surface area is 120 Å². The van der Waals surface area contributed by atoms with E-state index in [1.807, 2.05) is 25.1 Å². The molecule has 106 valence electrons. The first-order valence-electron chi connectivity index (χ1n) is 7.69. The van der Waals surface area contributed by atoms with Crippen LogP contribution in [-0.2, 0) is 0 Å². The summed E-state index contributed by atoms with van der Waals surface area (Å²) in [5, 5.41) is 11.7. The van der Waals surface area contributed by atoms with Crippen LogP contribution in [0.3, 0.4) is 0 Å². The molecule has 0 amide bonds. The Bertz CT molecular complexity index is 599. The van der Waals surface area contributed by atoms with Gasteiger partial charge in [-0.25, -0.2) is 0 Å². The monoisotopic (exact) mass is 269 g/mol. The van der Waals surface area contributed by atoms with Crippen LogP contribution >= 0.6 is 0 Å². The minimum atomic E-state index is -0.326. The van der Waals surface area contributed by atoms with Crippen LogP contribution in [0.15, 0.2) is 30.3 Å². The number of aliphatic hydroxyl groups is 1. The number of nitrogens with zero attached hydrogens (tertiary/aromatic N) is 1. The fourth-order valence-corrected chi connectivity index (χ4v) is 3.30. The second kappa shape index (κ2) is 5.53. The maximum atomic E-state index is 10.6. The van der Waals surface area contributed by atoms with E-state index < -0.39 is 0 Å². The standard InChI is InChI=1S/C18H23NO/c1-12-3-6-14(7-4-12)18(20)16-9-10-17-15(11-16)8-5-13(2)19-17/h5,8-12,14,18,20H,3-4,6-7H2,1-2H3. The number of benzene rings is 1. The first kappa shape index (κ1) is 13.6. The summed E-state index contributed by atoms with van der Waals surface area (Å²) in [6.45, 7) is 4.32. The lowest BCUT2D eigenvalue weighted by molar-refractivity contribution is 0.0757. The molecule has 1 aliphatic carbocycles. The quantitative estimate of drug-likeness (QED) is 0.876. The van der Waals surface area contributed by atoms with Gasteiger partial charge in [-0.1, -0.05) is 31.9 Å². The molecule has 0 saturated heterocycles. The third kappa shape index (κ3) is 2.71. The molecule has 0 spiro atoms. The van der Waals surface area contributed by atoms with Gasteiger partial charge in [0.2, 0.25) is 0 Å². The maximum absolute atomic E-state index is 10.6. The molecule has 0 radical (unpaired) electrons. The highest BCUT2D eigenvalue weighted by Gasteiger charge is 2.25. The number of hydrogen-bond donors (Lipinski definition) is 1. The van der Waals surface area contributed by atoms with Crippen molar-refractivity contribution < 1.29 is 5.11 Å². The third-order valence-electron chi connectivity index (χ3n) is 4.70. The second-order valence-electron chi connectivity index (χ2n) is 6.37. The molecule has 1 aromatic carbocycles. The van der Waals surface area contributed by atoms with Crippen LogP contribution in [-0.4, -0.2) is 10.1 Å². The Morgan fingerprint density at radius 1 is 1.10 bits per heavy atom. The number of aliphatic hydroxyl groups excluding tert-OH is 1. The Morgan fingerprint density at radius 2 is 1.85 bits per heavy atom. The molecule has 2 heteroatoms. The van der Waals surface area contributed by atoms with Crippen LogP contribution in [0.25, 0.3) is 10.9 Å². The van der Waals surface area contributed by atoms with E-state index in [0.29, 0.717) is 5.92 Å². The largest absolute Gasteiger partial charge is 0.388 e. The highest BCUT2D eigenvalue weighted by Crippen LogP contribution is 2.37. The average molecular weight is 269 g/mol. The van der Waals surface area contributed by atoms with Gasteiger partial charge >= 0.3 is 0 Å². The zero-order valence-electron chi connectivity index (χ0n) is 12.3. The van der Waals surface area contributed by atoms with Gasteiger partial charge in [-0.05, 0) is 55.4 Å². The number of rotatable bonds is 2. The van der Waals surface area contributed by atoms with Crippen molar-refractivity contribution in [3.8, 4) is 0 Å². The van der Waals surface area contributed by atoms with Crippen LogP contribution < -0.4 is 0 Å². The fraction of sp³-hybridized carbons (Fsp3) is 0.500. The topological polar surface area (TPSA) is 33.1 Å². The summed E-state index contributed by atoms with van der Waals surface area (Å²) in [6.07, 6.45) is 4.46. The second-order valence-corrected chi connectivity index (χ2v) is 6.37. The van der Waals surface area contributed by atoms with Gasteiger partial charge in [-0.15, -0.1) is 0 Å². The molecule has 1 saturated carbocycles. The van der Waals surface area contributed by atoms with Gasteiger partial charge in [0.25, 0.3) is 0 Å². The highest BCUT2D eigenvalue weighted by atomic mass is 16.3. The van der Waals surface area contributed by atoms with Crippen LogP contribution in [0.1, 0.15) is 50.0 Å². The Balaban J connectivity index is 1.84. The molecular weight excluding hydrogens is 246 g/mol. The van der Waals surface area contributed by atoms with E-state index >= 15 is 0 Å². The zero-order chi connectivity index (χ0) is 14.1. The van der Waals surface area contributed by atoms with Crippen molar-refractivity contribution in [2.24, 2.45) is 11.8 Å². The van der Waals surface area contributed by atoms with Crippen molar-refractivity contribution in [3.63, 3.8) is 0 Å². The van der Waals surface area contributed by atoms with Crippen molar-refractivity contribution >= 4 is 10.9 Å². The van der Waals surface area contributed by atoms with Crippen molar-refractivity contribution in [1.29, 1.82) is 0 Å². The van der Waals surface area contributed by atoms with E-state index in [-0.39, 0.29) is 6.10 Å². The van der Waals surface area contributed by atoms with Gasteiger partial charge in [0.15, 0.2) is 0 Å². The molecule has 1 fully saturated rings. The normalized spacial score (nSPS) is 24.8. The zero-order valence-corrected chi connectivity index (χ0v) is 12.3. The summed E-state index contributed by atoms with van der Waals surface area (Å²) < 4.78 is 0. The van der Waals surface area contributed by atoms with Gasteiger partial charge in [-0.3, -0.25) is 4.98 Å². The molecule has 1 N–H and O–H groups in total. The molecule has 1 aliphatic rings. The van der Waals surface area contributed by atoms with Crippen molar-refractivity contribution in [2.75, 3.05) is 0 Å². The van der Waals surface area contributed by atoms with Crippen molar-refractivity contribution in [3.05, 3.63) is 41.6 Å². The molecule has 3 rings (SSSR count). The van der Waals surface area contributed by atoms with Crippen LogP contribution in [0.5, 0.6) is 0 Å². The molecule has 20 heavy (non-hydrogen) atoms. The first-order chi connectivity index (χ1) is 9.63. The summed E-state index contributed by atoms with van der Waals surface area (Å²) in [5.74, 6) is 1.24. The summed E-state index contributed by atoms with van der Waals surface area (Å²) in [5.41, 5.74) is 3.09. The molecule has 2 nitrogen and oxygen atoms in total. The lowest BCUT2D eigenvalue weighted by Gasteiger charge is -2.30. The van der Waals surface area contributed by atoms with Gasteiger partial charge < -0.3 is 5.11 Å². The van der Waals surface area contributed by atoms with E-state index in [2.05, 4.69) is 24.0 Å². The molecule has 2 aromatic rings. The Hall–Kier alpha value is -1.41. The molecular formula is C18H23NO. The Morgan fingerprint density at radius 3 is 2.60 bits per heavy atom. The van der Waals surface area contributed by atoms with Crippen LogP contribution in [0.2, 0.25) is 0 Å². The fourth-order valence-electron chi connectivity index (χ4n) is 3.30. The predicted molar refractivity (Wildman–Crippen MR) is 82.6 cm³/mol. The number of pyridine rings is 1. The smallest absolute Gasteiger partial charge is 0.0818 e. The molecule has 1 heterocycles. The number of aryl methyl sites for hydroxylation is 1. The van der Waals surface area contributed by atoms with Gasteiger partial charge in [0.1, 0.15) is 0 Å². The number of aromatic nitrogens is 1. The van der Waals surface area contributed by atoms with E-state index in [1.54, 1.807) is 0 Å². The van der Waals surface area contributed by atoms with Gasteiger partial charge in [0.05, 0.1) is 11.6 Å². The molecule has 0 aliphatic heterocycles. The average Bonchev–Trinajstić information content (AvgIpc) is 2.47. The van der Waals surface area contributed by atoms with Crippen molar-refractivity contribution in [1.82, 2.24) is 4.98 Å². The van der Waals surface area contributed by atoms with Crippen LogP contribution in [0, 0.1) is 18.8 Å². The first-order valence-corrected chi connectivity index (χ1v) is 7.69. The van der Waals surface area contributed by atoms with Gasteiger partial charge in [-0.2, -0.15) is 0 Å². The summed E-state index contributed by atoms with van der Waals surface area (Å²) in [6, 6.07) is 10.3. The minimum absolute atomic E-state index is 0.326. The molecule has 1 atom stereocenters. The van der Waals surface area contributed by atoms with E-state index in [9.17, 15) is 5.11 Å². The highest BCUT2D eigenvalue weighted by molar-refractivity contribution is 5.79. The lowest BCUT2D eigenvalue weighted by atomic mass is 9.78. The maximum Gasteiger partial charge on any atom is 0.0818 e. The molecule has 1 aromatic heterocycles. The SMILES string of the molecule is Cc1ccc2cc(C(O)C3CCC(C)CC3)ccc2n1. The summed E-state index contributed by atoms with van der Waals surface area (Å²) in [4.78, 5) is 4.52. The van der Waals surface area contributed by atoms with Gasteiger partial charge in [0, 0.05) is 11.1 Å². The van der Waals surface area contributed by atoms with E-state index in [1.165, 1.54) is 12.8 Å². The Kier molecular flexibility index (Phi) is 3.75. The predicted octanol–water partition coefficient (Wildman–Crippen LogP) is 4.40. The number of fused-ring (bicyclic) bond motifs is 1. The van der Waals surface area contributed by atoms with E-state index in [0.717, 1.165) is 40.9 Å².